The molecule has 1 amide bonds. The number of carbonyl (C=O) groups excluding carboxylic acids is 1. The third kappa shape index (κ3) is 5.32. The predicted octanol–water partition coefficient (Wildman–Crippen LogP) is 4.51. The zero-order valence-electron chi connectivity index (χ0n) is 12.6. The number of benzene rings is 2. The van der Waals surface area contributed by atoms with Crippen molar-refractivity contribution in [3.05, 3.63) is 55.4 Å². The number of ether oxygens (including phenoxy) is 2. The number of nitrogens with zero attached hydrogens (tertiary/aromatic N) is 1. The summed E-state index contributed by atoms with van der Waals surface area (Å²) in [6.07, 6.45) is 1.52. The first kappa shape index (κ1) is 19.0. The number of hydrogen-bond donors (Lipinski definition) is 1. The van der Waals surface area contributed by atoms with E-state index >= 15 is 0 Å². The number of carbonyl (C=O) groups is 1. The highest BCUT2D eigenvalue weighted by Gasteiger charge is 2.10. The minimum absolute atomic E-state index is 0.165. The molecule has 0 atom stereocenters. The van der Waals surface area contributed by atoms with Gasteiger partial charge in [0.25, 0.3) is 5.91 Å². The van der Waals surface area contributed by atoms with Gasteiger partial charge < -0.3 is 9.47 Å². The first-order chi connectivity index (χ1) is 11.5. The van der Waals surface area contributed by atoms with Crippen LogP contribution in [0.3, 0.4) is 0 Å². The van der Waals surface area contributed by atoms with E-state index in [9.17, 15) is 4.79 Å². The molecule has 0 saturated carbocycles. The van der Waals surface area contributed by atoms with Crippen molar-refractivity contribution >= 4 is 59.9 Å². The second kappa shape index (κ2) is 9.19. The lowest BCUT2D eigenvalue weighted by molar-refractivity contribution is -0.123. The number of methoxy groups -OCH3 is 1. The van der Waals surface area contributed by atoms with Crippen molar-refractivity contribution < 1.29 is 14.3 Å². The fourth-order valence-electron chi connectivity index (χ4n) is 1.78. The van der Waals surface area contributed by atoms with Gasteiger partial charge in [-0.3, -0.25) is 4.79 Å². The van der Waals surface area contributed by atoms with Crippen LogP contribution in [0.15, 0.2) is 54.9 Å². The second-order valence-electron chi connectivity index (χ2n) is 4.52. The molecule has 0 unspecified atom stereocenters. The van der Waals surface area contributed by atoms with Crippen molar-refractivity contribution in [3.8, 4) is 11.5 Å². The molecular weight excluding hydrogens is 508 g/mol. The van der Waals surface area contributed by atoms with Crippen molar-refractivity contribution in [2.45, 2.75) is 0 Å². The van der Waals surface area contributed by atoms with Gasteiger partial charge in [-0.2, -0.15) is 5.10 Å². The third-order valence-electron chi connectivity index (χ3n) is 2.84. The number of amides is 1. The molecule has 1 N–H and O–H groups in total. The molecule has 2 aromatic rings. The second-order valence-corrected chi connectivity index (χ2v) is 7.15. The van der Waals surface area contributed by atoms with Crippen LogP contribution in [0.25, 0.3) is 0 Å². The average molecular weight is 521 g/mol. The molecular formula is C16H13Br3N2O3. The number of nitrogens with one attached hydrogen (secondary N) is 1. The van der Waals surface area contributed by atoms with E-state index in [4.69, 9.17) is 9.47 Å². The molecule has 0 aromatic heterocycles. The van der Waals surface area contributed by atoms with E-state index in [0.29, 0.717) is 11.5 Å². The lowest BCUT2D eigenvalue weighted by Gasteiger charge is -2.10. The molecule has 2 aromatic carbocycles. The minimum atomic E-state index is -0.372. The fourth-order valence-corrected chi connectivity index (χ4v) is 4.27. The van der Waals surface area contributed by atoms with Crippen molar-refractivity contribution in [1.29, 1.82) is 0 Å². The van der Waals surface area contributed by atoms with E-state index in [-0.39, 0.29) is 12.5 Å². The normalized spacial score (nSPS) is 10.7. The molecule has 0 spiro atoms. The lowest BCUT2D eigenvalue weighted by Crippen LogP contribution is -2.24. The maximum absolute atomic E-state index is 11.8. The summed E-state index contributed by atoms with van der Waals surface area (Å²) in [4.78, 5) is 11.8. The summed E-state index contributed by atoms with van der Waals surface area (Å²) >= 11 is 10.1. The highest BCUT2D eigenvalue weighted by molar-refractivity contribution is 9.11. The molecule has 0 heterocycles. The zero-order valence-corrected chi connectivity index (χ0v) is 17.3. The molecule has 0 bridgehead atoms. The van der Waals surface area contributed by atoms with E-state index in [1.54, 1.807) is 7.11 Å². The van der Waals surface area contributed by atoms with Crippen LogP contribution in [0.1, 0.15) is 5.56 Å². The molecule has 0 saturated heterocycles. The molecule has 2 rings (SSSR count). The first-order valence-electron chi connectivity index (χ1n) is 6.73. The highest BCUT2D eigenvalue weighted by atomic mass is 79.9. The van der Waals surface area contributed by atoms with Crippen LogP contribution in [-0.4, -0.2) is 25.8 Å². The van der Waals surface area contributed by atoms with E-state index in [2.05, 4.69) is 58.3 Å². The van der Waals surface area contributed by atoms with Crippen LogP contribution in [0.4, 0.5) is 0 Å². The van der Waals surface area contributed by atoms with E-state index in [1.807, 2.05) is 36.4 Å². The summed E-state index contributed by atoms with van der Waals surface area (Å²) in [7, 11) is 1.58. The Labute approximate surface area is 164 Å². The Kier molecular flexibility index (Phi) is 7.26. The van der Waals surface area contributed by atoms with Gasteiger partial charge in [0, 0.05) is 10.0 Å². The maximum atomic E-state index is 11.8. The van der Waals surface area contributed by atoms with Crippen molar-refractivity contribution in [2.24, 2.45) is 5.10 Å². The van der Waals surface area contributed by atoms with Crippen LogP contribution in [0.5, 0.6) is 11.5 Å². The minimum Gasteiger partial charge on any atom is -0.496 e. The van der Waals surface area contributed by atoms with E-state index < -0.39 is 0 Å². The summed E-state index contributed by atoms with van der Waals surface area (Å²) in [5.74, 6) is 0.847. The maximum Gasteiger partial charge on any atom is 0.277 e. The van der Waals surface area contributed by atoms with Gasteiger partial charge in [-0.1, -0.05) is 28.1 Å². The third-order valence-corrected chi connectivity index (χ3v) is 4.48. The van der Waals surface area contributed by atoms with Crippen molar-refractivity contribution in [1.82, 2.24) is 5.43 Å². The monoisotopic (exact) mass is 518 g/mol. The molecule has 24 heavy (non-hydrogen) atoms. The Morgan fingerprint density at radius 2 is 1.88 bits per heavy atom. The van der Waals surface area contributed by atoms with Crippen LogP contribution in [0, 0.1) is 0 Å². The van der Waals surface area contributed by atoms with Gasteiger partial charge in [0.05, 0.1) is 22.3 Å². The van der Waals surface area contributed by atoms with E-state index in [0.717, 1.165) is 19.0 Å². The number of hydrazone groups is 1. The van der Waals surface area contributed by atoms with Gasteiger partial charge >= 0.3 is 0 Å². The lowest BCUT2D eigenvalue weighted by atomic mass is 10.2. The van der Waals surface area contributed by atoms with Gasteiger partial charge in [0.2, 0.25) is 0 Å². The van der Waals surface area contributed by atoms with Gasteiger partial charge in [-0.15, -0.1) is 0 Å². The van der Waals surface area contributed by atoms with Crippen LogP contribution in [0.2, 0.25) is 0 Å². The van der Waals surface area contributed by atoms with Gasteiger partial charge in [-0.05, 0) is 56.1 Å². The van der Waals surface area contributed by atoms with Gasteiger partial charge in [-0.25, -0.2) is 5.43 Å². The molecule has 0 fully saturated rings. The molecule has 8 heteroatoms. The molecule has 0 radical (unpaired) electrons. The fraction of sp³-hybridized carbons (Fsp3) is 0.125. The summed E-state index contributed by atoms with van der Waals surface area (Å²) < 4.78 is 13.1. The van der Waals surface area contributed by atoms with Crippen molar-refractivity contribution in [3.63, 3.8) is 0 Å². The Balaban J connectivity index is 1.91. The first-order valence-corrected chi connectivity index (χ1v) is 9.11. The molecule has 0 aliphatic heterocycles. The summed E-state index contributed by atoms with van der Waals surface area (Å²) in [5.41, 5.74) is 3.18. The Bertz CT molecular complexity index is 743. The summed E-state index contributed by atoms with van der Waals surface area (Å²) in [6, 6.07) is 11.0. The van der Waals surface area contributed by atoms with Gasteiger partial charge in [0.15, 0.2) is 6.61 Å². The number of rotatable bonds is 6. The largest absolute Gasteiger partial charge is 0.496 e. The summed E-state index contributed by atoms with van der Waals surface area (Å²) in [6.45, 7) is -0.165. The highest BCUT2D eigenvalue weighted by Crippen LogP contribution is 2.36. The Morgan fingerprint density at radius 3 is 2.54 bits per heavy atom. The van der Waals surface area contributed by atoms with Crippen LogP contribution >= 0.6 is 47.8 Å². The van der Waals surface area contributed by atoms with Crippen LogP contribution < -0.4 is 14.9 Å². The van der Waals surface area contributed by atoms with Gasteiger partial charge in [0.1, 0.15) is 11.5 Å². The topological polar surface area (TPSA) is 59.9 Å². The number of hydrogen-bond acceptors (Lipinski definition) is 4. The molecule has 126 valence electrons. The van der Waals surface area contributed by atoms with Crippen LogP contribution in [-0.2, 0) is 4.79 Å². The Hall–Kier alpha value is -1.38. The summed E-state index contributed by atoms with van der Waals surface area (Å²) in [5, 5.41) is 3.91. The van der Waals surface area contributed by atoms with E-state index in [1.165, 1.54) is 6.21 Å². The number of para-hydroxylation sites is 1. The molecule has 5 nitrogen and oxygen atoms in total. The zero-order chi connectivity index (χ0) is 17.5. The average Bonchev–Trinajstić information content (AvgIpc) is 2.54. The predicted molar refractivity (Wildman–Crippen MR) is 104 cm³/mol. The Morgan fingerprint density at radius 1 is 1.21 bits per heavy atom. The standard InChI is InChI=1S/C16H13Br3N2O3/c1-23-14-5-3-2-4-10(14)8-20-21-15(22)9-24-16-12(18)6-11(17)7-13(16)19/h2-8H,9H2,1H3,(H,21,22)/b20-8+. The SMILES string of the molecule is COc1ccccc1/C=N/NC(=O)COc1c(Br)cc(Br)cc1Br. The molecule has 0 aliphatic rings. The molecule has 0 aliphatic carbocycles. The number of halogens is 3. The van der Waals surface area contributed by atoms with Crippen molar-refractivity contribution in [2.75, 3.05) is 13.7 Å². The smallest absolute Gasteiger partial charge is 0.277 e. The quantitative estimate of drug-likeness (QED) is 0.450.